The monoisotopic (exact) mass is 442 g/mol. The quantitative estimate of drug-likeness (QED) is 0.490. The first kappa shape index (κ1) is 21.4. The van der Waals surface area contributed by atoms with Crippen molar-refractivity contribution in [2.45, 2.75) is 24.7 Å². The fraction of sp³-hybridized carbons (Fsp3) is 0.381. The van der Waals surface area contributed by atoms with Gasteiger partial charge in [0.1, 0.15) is 23.0 Å². The predicted octanol–water partition coefficient (Wildman–Crippen LogP) is 4.46. The van der Waals surface area contributed by atoms with Crippen LogP contribution in [0.2, 0.25) is 0 Å². The number of alkyl halides is 3. The molecule has 2 saturated heterocycles. The lowest BCUT2D eigenvalue weighted by atomic mass is 9.91. The lowest BCUT2D eigenvalue weighted by molar-refractivity contribution is -0.153. The first-order chi connectivity index (χ1) is 14.6. The maximum Gasteiger partial charge on any atom is 0.422 e. The van der Waals surface area contributed by atoms with Crippen molar-refractivity contribution in [3.63, 3.8) is 0 Å². The van der Waals surface area contributed by atoms with E-state index < -0.39 is 36.1 Å². The third-order valence-corrected chi connectivity index (χ3v) is 5.58. The van der Waals surface area contributed by atoms with Crippen molar-refractivity contribution in [1.29, 1.82) is 0 Å². The van der Waals surface area contributed by atoms with Crippen molar-refractivity contribution in [1.82, 2.24) is 4.90 Å². The number of ether oxygens (including phenoxy) is 2. The minimum atomic E-state index is -4.44. The van der Waals surface area contributed by atoms with Gasteiger partial charge in [-0.2, -0.15) is 13.2 Å². The van der Waals surface area contributed by atoms with Gasteiger partial charge in [0, 0.05) is 30.4 Å². The van der Waals surface area contributed by atoms with E-state index in [0.29, 0.717) is 18.8 Å². The number of nitrogens with zero attached hydrogens (tertiary/aromatic N) is 2. The summed E-state index contributed by atoms with van der Waals surface area (Å²) in [6.45, 7) is 1.23. The molecular formula is C21H19F5N2O3. The molecule has 10 heteroatoms. The molecule has 0 bridgehead atoms. The van der Waals surface area contributed by atoms with Gasteiger partial charge in [-0.1, -0.05) is 6.07 Å². The molecule has 2 fully saturated rings. The van der Waals surface area contributed by atoms with Crippen molar-refractivity contribution in [2.24, 2.45) is 0 Å². The van der Waals surface area contributed by atoms with Crippen LogP contribution < -0.4 is 9.64 Å². The summed E-state index contributed by atoms with van der Waals surface area (Å²) in [4.78, 5) is 16.0. The van der Waals surface area contributed by atoms with Crippen LogP contribution in [-0.2, 0) is 10.3 Å². The summed E-state index contributed by atoms with van der Waals surface area (Å²) in [5, 5.41) is 0. The number of hydrogen-bond acceptors (Lipinski definition) is 3. The van der Waals surface area contributed by atoms with Gasteiger partial charge >= 0.3 is 12.2 Å². The number of epoxide rings is 1. The van der Waals surface area contributed by atoms with Crippen LogP contribution in [0.4, 0.5) is 32.4 Å². The standard InChI is InChI=1S/C21H19F5N2O3/c1-13(20(11-31-20)17-7-2-14(22)10-18(17)23)27-8-9-28(19(27)29)15-3-5-16(6-4-15)30-12-21(24,25)26/h2-7,10,13H,8-9,11-12H2,1H3. The van der Waals surface area contributed by atoms with Crippen molar-refractivity contribution < 1.29 is 36.2 Å². The van der Waals surface area contributed by atoms with Crippen LogP contribution in [0.1, 0.15) is 12.5 Å². The van der Waals surface area contributed by atoms with Crippen LogP contribution in [-0.4, -0.2) is 49.5 Å². The van der Waals surface area contributed by atoms with Crippen LogP contribution in [0, 0.1) is 11.6 Å². The van der Waals surface area contributed by atoms with Crippen molar-refractivity contribution in [3.05, 3.63) is 59.7 Å². The smallest absolute Gasteiger partial charge is 0.422 e. The molecule has 0 radical (unpaired) electrons. The number of urea groups is 1. The minimum absolute atomic E-state index is 0.0371. The second-order valence-electron chi connectivity index (χ2n) is 7.50. The van der Waals surface area contributed by atoms with Gasteiger partial charge in [-0.25, -0.2) is 13.6 Å². The van der Waals surface area contributed by atoms with Gasteiger partial charge in [0.2, 0.25) is 0 Å². The molecule has 0 aliphatic carbocycles. The molecule has 5 nitrogen and oxygen atoms in total. The van der Waals surface area contributed by atoms with Gasteiger partial charge in [-0.15, -0.1) is 0 Å². The summed E-state index contributed by atoms with van der Waals surface area (Å²) in [5.41, 5.74) is -0.352. The molecule has 2 unspecified atom stereocenters. The van der Waals surface area contributed by atoms with Crippen molar-refractivity contribution in [3.8, 4) is 5.75 Å². The topological polar surface area (TPSA) is 45.3 Å². The maximum atomic E-state index is 14.3. The van der Waals surface area contributed by atoms with E-state index in [1.807, 2.05) is 0 Å². The normalized spacial score (nSPS) is 22.1. The number of carbonyl (C=O) groups is 1. The third-order valence-electron chi connectivity index (χ3n) is 5.58. The molecule has 4 rings (SSSR count). The zero-order valence-corrected chi connectivity index (χ0v) is 16.5. The Morgan fingerprint density at radius 2 is 1.81 bits per heavy atom. The van der Waals surface area contributed by atoms with Crippen molar-refractivity contribution >= 4 is 11.7 Å². The average Bonchev–Trinajstić information content (AvgIpc) is 3.42. The largest absolute Gasteiger partial charge is 0.484 e. The molecule has 166 valence electrons. The zero-order valence-electron chi connectivity index (χ0n) is 16.5. The van der Waals surface area contributed by atoms with E-state index >= 15 is 0 Å². The molecule has 0 saturated carbocycles. The number of amides is 2. The van der Waals surface area contributed by atoms with E-state index in [0.717, 1.165) is 12.1 Å². The van der Waals surface area contributed by atoms with Gasteiger partial charge in [0.25, 0.3) is 0 Å². The molecule has 2 aromatic carbocycles. The molecule has 0 aromatic heterocycles. The van der Waals surface area contributed by atoms with E-state index in [1.54, 1.807) is 11.8 Å². The summed E-state index contributed by atoms with van der Waals surface area (Å²) in [6, 6.07) is 8.13. The first-order valence-electron chi connectivity index (χ1n) is 9.58. The number of anilines is 1. The van der Waals surface area contributed by atoms with Crippen LogP contribution in [0.5, 0.6) is 5.75 Å². The molecule has 2 aliphatic rings. The Morgan fingerprint density at radius 1 is 1.13 bits per heavy atom. The molecule has 31 heavy (non-hydrogen) atoms. The molecule has 2 heterocycles. The molecule has 2 atom stereocenters. The zero-order chi connectivity index (χ0) is 22.4. The average molecular weight is 442 g/mol. The van der Waals surface area contributed by atoms with E-state index in [2.05, 4.69) is 4.74 Å². The number of hydrogen-bond donors (Lipinski definition) is 0. The van der Waals surface area contributed by atoms with Gasteiger partial charge in [0.05, 0.1) is 12.6 Å². The molecule has 2 aromatic rings. The fourth-order valence-electron chi connectivity index (χ4n) is 3.82. The van der Waals surface area contributed by atoms with Gasteiger partial charge < -0.3 is 14.4 Å². The Labute approximate surface area is 174 Å². The lowest BCUT2D eigenvalue weighted by Gasteiger charge is -2.30. The molecule has 0 spiro atoms. The lowest BCUT2D eigenvalue weighted by Crippen LogP contribution is -2.45. The molecule has 0 N–H and O–H groups in total. The number of carbonyl (C=O) groups excluding carboxylic acids is 1. The van der Waals surface area contributed by atoms with Crippen LogP contribution in [0.25, 0.3) is 0 Å². The Morgan fingerprint density at radius 3 is 2.39 bits per heavy atom. The Hall–Kier alpha value is -2.88. The SMILES string of the molecule is CC(N1CCN(c2ccc(OCC(F)(F)F)cc2)C1=O)C1(c2ccc(F)cc2F)CO1. The van der Waals surface area contributed by atoms with E-state index in [-0.39, 0.29) is 24.0 Å². The number of benzene rings is 2. The van der Waals surface area contributed by atoms with Crippen LogP contribution in [0.3, 0.4) is 0 Å². The highest BCUT2D eigenvalue weighted by Crippen LogP contribution is 2.46. The summed E-state index contributed by atoms with van der Waals surface area (Å²) in [7, 11) is 0. The molecule has 2 amide bonds. The third kappa shape index (κ3) is 4.16. The highest BCUT2D eigenvalue weighted by atomic mass is 19.4. The predicted molar refractivity (Wildman–Crippen MR) is 101 cm³/mol. The van der Waals surface area contributed by atoms with Crippen LogP contribution in [0.15, 0.2) is 42.5 Å². The van der Waals surface area contributed by atoms with Crippen molar-refractivity contribution in [2.75, 3.05) is 31.2 Å². The molecular weight excluding hydrogens is 423 g/mol. The minimum Gasteiger partial charge on any atom is -0.484 e. The second kappa shape index (κ2) is 7.67. The van der Waals surface area contributed by atoms with Gasteiger partial charge in [-0.05, 0) is 37.3 Å². The summed E-state index contributed by atoms with van der Waals surface area (Å²) < 4.78 is 74.6. The maximum absolute atomic E-state index is 14.3. The Balaban J connectivity index is 1.46. The Kier molecular flexibility index (Phi) is 5.28. The van der Waals surface area contributed by atoms with E-state index in [1.165, 1.54) is 35.2 Å². The second-order valence-corrected chi connectivity index (χ2v) is 7.50. The first-order valence-corrected chi connectivity index (χ1v) is 9.58. The fourth-order valence-corrected chi connectivity index (χ4v) is 3.82. The van der Waals surface area contributed by atoms with E-state index in [9.17, 15) is 26.7 Å². The van der Waals surface area contributed by atoms with Crippen LogP contribution >= 0.6 is 0 Å². The summed E-state index contributed by atoms with van der Waals surface area (Å²) in [6.07, 6.45) is -4.44. The highest BCUT2D eigenvalue weighted by Gasteiger charge is 2.56. The summed E-state index contributed by atoms with van der Waals surface area (Å²) >= 11 is 0. The molecule has 2 aliphatic heterocycles. The number of halogens is 5. The Bertz CT molecular complexity index is 976. The van der Waals surface area contributed by atoms with E-state index in [4.69, 9.17) is 4.74 Å². The summed E-state index contributed by atoms with van der Waals surface area (Å²) in [5.74, 6) is -1.40. The number of rotatable bonds is 6. The highest BCUT2D eigenvalue weighted by molar-refractivity contribution is 5.94. The van der Waals surface area contributed by atoms with Gasteiger partial charge in [-0.3, -0.25) is 4.90 Å². The van der Waals surface area contributed by atoms with Gasteiger partial charge in [0.15, 0.2) is 6.61 Å².